The lowest BCUT2D eigenvalue weighted by atomic mass is 9.95. The van der Waals surface area contributed by atoms with Crippen LogP contribution in [0.1, 0.15) is 37.1 Å². The van der Waals surface area contributed by atoms with E-state index in [2.05, 4.69) is 10.3 Å². The van der Waals surface area contributed by atoms with Crippen LogP contribution in [-0.2, 0) is 11.0 Å². The molecule has 0 spiro atoms. The molecule has 146 valence electrons. The summed E-state index contributed by atoms with van der Waals surface area (Å²) in [6, 6.07) is 4.26. The van der Waals surface area contributed by atoms with Gasteiger partial charge in [-0.1, -0.05) is 11.6 Å². The van der Waals surface area contributed by atoms with Gasteiger partial charge in [-0.05, 0) is 38.0 Å². The van der Waals surface area contributed by atoms with E-state index < -0.39 is 11.7 Å². The number of amides is 1. The van der Waals surface area contributed by atoms with Crippen molar-refractivity contribution in [1.82, 2.24) is 5.32 Å². The highest BCUT2D eigenvalue weighted by molar-refractivity contribution is 6.32. The molecule has 1 fully saturated rings. The van der Waals surface area contributed by atoms with Gasteiger partial charge in [-0.25, -0.2) is 4.98 Å². The highest BCUT2D eigenvalue weighted by atomic mass is 35.5. The van der Waals surface area contributed by atoms with Crippen molar-refractivity contribution in [1.29, 1.82) is 0 Å². The number of carbonyl (C=O) groups is 1. The molecule has 0 unspecified atom stereocenters. The number of aromatic nitrogens is 1. The molecule has 1 atom stereocenters. The Bertz CT molecular complexity index is 788. The minimum absolute atomic E-state index is 0.0131. The topological polar surface area (TPSA) is 59.6 Å². The van der Waals surface area contributed by atoms with Crippen LogP contribution in [0, 0.1) is 5.92 Å². The average molecular weight is 403 g/mol. The van der Waals surface area contributed by atoms with Crippen LogP contribution in [0.2, 0.25) is 5.02 Å². The molecule has 27 heavy (non-hydrogen) atoms. The molecule has 3 heterocycles. The van der Waals surface area contributed by atoms with E-state index in [0.717, 1.165) is 12.3 Å². The van der Waals surface area contributed by atoms with Crippen molar-refractivity contribution in [3.8, 4) is 0 Å². The minimum Gasteiger partial charge on any atom is -0.467 e. The number of hydrogen-bond acceptors (Lipinski definition) is 3. The van der Waals surface area contributed by atoms with Crippen molar-refractivity contribution >= 4 is 23.3 Å². The molecular weight excluding hydrogens is 383 g/mol. The fourth-order valence-electron chi connectivity index (χ4n) is 3.17. The van der Waals surface area contributed by atoms with Gasteiger partial charge in [0, 0.05) is 5.92 Å². The molecule has 0 aromatic carbocycles. The first-order chi connectivity index (χ1) is 12.8. The van der Waals surface area contributed by atoms with Gasteiger partial charge < -0.3 is 9.73 Å². The van der Waals surface area contributed by atoms with Gasteiger partial charge >= 0.3 is 6.18 Å². The van der Waals surface area contributed by atoms with Crippen LogP contribution in [0.15, 0.2) is 35.1 Å². The number of piperidine rings is 1. The molecule has 1 aliphatic rings. The third-order valence-electron chi connectivity index (χ3n) is 4.71. The number of carbonyl (C=O) groups excluding carboxylic acids is 1. The zero-order chi connectivity index (χ0) is 19.6. The van der Waals surface area contributed by atoms with Crippen LogP contribution in [-0.4, -0.2) is 19.0 Å². The predicted molar refractivity (Wildman–Crippen MR) is 93.2 cm³/mol. The number of halogens is 4. The Kier molecular flexibility index (Phi) is 5.64. The third kappa shape index (κ3) is 4.55. The quantitative estimate of drug-likeness (QED) is 0.844. The Balaban J connectivity index is 1.58. The maximum Gasteiger partial charge on any atom is 0.419 e. The summed E-state index contributed by atoms with van der Waals surface area (Å²) in [5, 5.41) is 2.95. The predicted octanol–water partition coefficient (Wildman–Crippen LogP) is 3.86. The fourth-order valence-corrected chi connectivity index (χ4v) is 3.46. The van der Waals surface area contributed by atoms with Crippen LogP contribution < -0.4 is 15.2 Å². The Hall–Kier alpha value is -2.22. The third-order valence-corrected chi connectivity index (χ3v) is 5.00. The summed E-state index contributed by atoms with van der Waals surface area (Å²) in [5.74, 6) is 0.910. The second-order valence-electron chi connectivity index (χ2n) is 6.59. The lowest BCUT2D eigenvalue weighted by Crippen LogP contribution is -2.43. The molecule has 2 aromatic rings. The number of pyridine rings is 1. The van der Waals surface area contributed by atoms with E-state index in [1.165, 1.54) is 0 Å². The standard InChI is InChI=1S/C18H19ClF3N3O2/c1-11(15-3-2-8-27-15)24-17(26)12-4-6-25(7-5-12)16-14(19)9-13(10-23-16)18(20,21)22/h2-3,8-12H,4-7H2,1H3,(H,24,26)/p+1/t11-/m0/s1. The van der Waals surface area contributed by atoms with E-state index in [-0.39, 0.29) is 22.9 Å². The Morgan fingerprint density at radius 2 is 2.11 bits per heavy atom. The largest absolute Gasteiger partial charge is 0.467 e. The van der Waals surface area contributed by atoms with Gasteiger partial charge in [-0.3, -0.25) is 9.69 Å². The summed E-state index contributed by atoms with van der Waals surface area (Å²) in [5.41, 5.74) is -0.822. The number of H-pyrrole nitrogens is 1. The molecule has 0 radical (unpaired) electrons. The number of anilines is 1. The second-order valence-corrected chi connectivity index (χ2v) is 7.00. The smallest absolute Gasteiger partial charge is 0.419 e. The molecule has 5 nitrogen and oxygen atoms in total. The Morgan fingerprint density at radius 3 is 2.67 bits per heavy atom. The van der Waals surface area contributed by atoms with Gasteiger partial charge in [0.1, 0.15) is 17.0 Å². The van der Waals surface area contributed by atoms with Gasteiger partial charge in [0.05, 0.1) is 31.0 Å². The van der Waals surface area contributed by atoms with Crippen LogP contribution in [0.5, 0.6) is 0 Å². The summed E-state index contributed by atoms with van der Waals surface area (Å²) in [6.07, 6.45) is -0.815. The number of nitrogens with one attached hydrogen (secondary N) is 2. The zero-order valence-electron chi connectivity index (χ0n) is 14.6. The van der Waals surface area contributed by atoms with Crippen LogP contribution in [0.3, 0.4) is 0 Å². The Morgan fingerprint density at radius 1 is 1.41 bits per heavy atom. The zero-order valence-corrected chi connectivity index (χ0v) is 15.4. The van der Waals surface area contributed by atoms with Gasteiger partial charge in [0.2, 0.25) is 5.91 Å². The van der Waals surface area contributed by atoms with Gasteiger partial charge in [0.25, 0.3) is 5.82 Å². The first-order valence-corrected chi connectivity index (χ1v) is 9.00. The number of rotatable bonds is 4. The van der Waals surface area contributed by atoms with Gasteiger partial charge in [0.15, 0.2) is 0 Å². The number of nitrogens with zero attached hydrogens (tertiary/aromatic N) is 1. The van der Waals surface area contributed by atoms with E-state index in [0.29, 0.717) is 37.5 Å². The van der Waals surface area contributed by atoms with Crippen molar-refractivity contribution in [2.24, 2.45) is 5.92 Å². The van der Waals surface area contributed by atoms with Crippen LogP contribution >= 0.6 is 11.6 Å². The van der Waals surface area contributed by atoms with Crippen molar-refractivity contribution in [2.45, 2.75) is 32.0 Å². The van der Waals surface area contributed by atoms with E-state index in [9.17, 15) is 18.0 Å². The first kappa shape index (κ1) is 19.5. The molecular formula is C18H20ClF3N3O2+. The van der Waals surface area contributed by atoms with Crippen molar-refractivity contribution in [2.75, 3.05) is 18.0 Å². The molecule has 1 saturated heterocycles. The number of alkyl halides is 3. The average Bonchev–Trinajstić information content (AvgIpc) is 3.16. The highest BCUT2D eigenvalue weighted by Crippen LogP contribution is 2.33. The van der Waals surface area contributed by atoms with Gasteiger partial charge in [-0.2, -0.15) is 13.2 Å². The minimum atomic E-state index is -4.45. The summed E-state index contributed by atoms with van der Waals surface area (Å²) in [4.78, 5) is 16.9. The Labute approximate surface area is 159 Å². The second kappa shape index (κ2) is 7.80. The fraction of sp³-hybridized carbons (Fsp3) is 0.444. The lowest BCUT2D eigenvalue weighted by molar-refractivity contribution is -0.367. The summed E-state index contributed by atoms with van der Waals surface area (Å²) >= 11 is 6.03. The van der Waals surface area contributed by atoms with E-state index in [1.54, 1.807) is 18.4 Å². The molecule has 0 saturated carbocycles. The maximum absolute atomic E-state index is 12.7. The van der Waals surface area contributed by atoms with E-state index in [4.69, 9.17) is 16.0 Å². The summed E-state index contributed by atoms with van der Waals surface area (Å²) in [6.45, 7) is 2.90. The van der Waals surface area contributed by atoms with Crippen molar-refractivity contribution in [3.05, 3.63) is 47.0 Å². The van der Waals surface area contributed by atoms with E-state index >= 15 is 0 Å². The van der Waals surface area contributed by atoms with E-state index in [1.807, 2.05) is 11.8 Å². The monoisotopic (exact) mass is 402 g/mol. The first-order valence-electron chi connectivity index (χ1n) is 8.63. The maximum atomic E-state index is 12.7. The molecule has 2 aromatic heterocycles. The molecule has 0 bridgehead atoms. The number of hydrogen-bond donors (Lipinski definition) is 1. The molecule has 3 rings (SSSR count). The van der Waals surface area contributed by atoms with Crippen molar-refractivity contribution < 1.29 is 27.4 Å². The SMILES string of the molecule is C[C@H](NC(=O)C1CCN(c2[nH+]cc(C(F)(F)F)cc2Cl)CC1)c1ccco1. The van der Waals surface area contributed by atoms with Gasteiger partial charge in [-0.15, -0.1) is 0 Å². The molecule has 1 amide bonds. The molecule has 2 N–H and O–H groups in total. The van der Waals surface area contributed by atoms with Crippen LogP contribution in [0.4, 0.5) is 19.0 Å². The van der Waals surface area contributed by atoms with Crippen LogP contribution in [0.25, 0.3) is 0 Å². The molecule has 9 heteroatoms. The summed E-state index contributed by atoms with van der Waals surface area (Å²) < 4.78 is 43.5. The lowest BCUT2D eigenvalue weighted by Gasteiger charge is -2.28. The number of furan rings is 1. The van der Waals surface area contributed by atoms with Crippen molar-refractivity contribution in [3.63, 3.8) is 0 Å². The molecule has 1 aliphatic heterocycles. The number of aromatic amines is 1. The normalized spacial score (nSPS) is 17.0. The highest BCUT2D eigenvalue weighted by Gasteiger charge is 2.35. The molecule has 0 aliphatic carbocycles. The summed E-state index contributed by atoms with van der Waals surface area (Å²) in [7, 11) is 0.